The van der Waals surface area contributed by atoms with Crippen molar-refractivity contribution in [3.05, 3.63) is 58.9 Å². The van der Waals surface area contributed by atoms with E-state index < -0.39 is 0 Å². The van der Waals surface area contributed by atoms with Crippen molar-refractivity contribution < 1.29 is 9.59 Å². The van der Waals surface area contributed by atoms with E-state index in [9.17, 15) is 9.59 Å². The Kier molecular flexibility index (Phi) is 5.18. The Hall–Kier alpha value is -2.93. The molecule has 0 saturated heterocycles. The molecule has 0 spiro atoms. The number of aliphatic imine (C=N–C) groups is 1. The van der Waals surface area contributed by atoms with E-state index >= 15 is 0 Å². The lowest BCUT2D eigenvalue weighted by Gasteiger charge is -2.28. The first-order valence-corrected chi connectivity index (χ1v) is 8.52. The summed E-state index contributed by atoms with van der Waals surface area (Å²) in [6, 6.07) is 9.97. The maximum atomic E-state index is 12.3. The van der Waals surface area contributed by atoms with Crippen molar-refractivity contribution in [1.29, 1.82) is 0 Å². The predicted octanol–water partition coefficient (Wildman–Crippen LogP) is 2.60. The smallest absolute Gasteiger partial charge is 0.274 e. The van der Waals surface area contributed by atoms with Crippen LogP contribution in [0.1, 0.15) is 35.4 Å². The minimum Gasteiger partial charge on any atom is -0.369 e. The van der Waals surface area contributed by atoms with Crippen LogP contribution in [0.25, 0.3) is 0 Å². The Bertz CT molecular complexity index is 866. The highest BCUT2D eigenvalue weighted by Gasteiger charge is 2.27. The maximum absolute atomic E-state index is 12.3. The molecule has 1 unspecified atom stereocenters. The van der Waals surface area contributed by atoms with E-state index in [1.807, 2.05) is 13.0 Å². The number of aromatic nitrogens is 1. The number of anilines is 1. The van der Waals surface area contributed by atoms with Crippen LogP contribution in [0.4, 0.5) is 5.69 Å². The van der Waals surface area contributed by atoms with Gasteiger partial charge in [0.05, 0.1) is 17.5 Å². The van der Waals surface area contributed by atoms with Crippen LogP contribution >= 0.6 is 11.6 Å². The summed E-state index contributed by atoms with van der Waals surface area (Å²) in [4.78, 5) is 34.3. The van der Waals surface area contributed by atoms with Gasteiger partial charge in [0.25, 0.3) is 5.91 Å². The van der Waals surface area contributed by atoms with Crippen molar-refractivity contribution in [2.75, 3.05) is 11.9 Å². The number of amides is 2. The van der Waals surface area contributed by atoms with E-state index in [1.165, 1.54) is 11.1 Å². The second-order valence-corrected chi connectivity index (χ2v) is 6.22. The molecular weight excluding hydrogens is 354 g/mol. The van der Waals surface area contributed by atoms with Crippen molar-refractivity contribution in [3.63, 3.8) is 0 Å². The molecule has 2 aromatic rings. The topological polar surface area (TPSA) is 101 Å². The molecule has 134 valence electrons. The highest BCUT2D eigenvalue weighted by Crippen LogP contribution is 2.27. The Morgan fingerprint density at radius 3 is 2.85 bits per heavy atom. The molecule has 1 aromatic heterocycles. The summed E-state index contributed by atoms with van der Waals surface area (Å²) < 4.78 is 0. The fraction of sp³-hybridized carbons (Fsp3) is 0.222. The molecule has 2 heterocycles. The van der Waals surface area contributed by atoms with Gasteiger partial charge >= 0.3 is 0 Å². The first-order chi connectivity index (χ1) is 12.5. The molecule has 0 bridgehead atoms. The third kappa shape index (κ3) is 3.83. The lowest BCUT2D eigenvalue weighted by atomic mass is 10.0. The van der Waals surface area contributed by atoms with Crippen molar-refractivity contribution in [2.24, 2.45) is 10.7 Å². The van der Waals surface area contributed by atoms with Gasteiger partial charge in [0.1, 0.15) is 5.69 Å². The number of guanidine groups is 1. The third-order valence-electron chi connectivity index (χ3n) is 4.04. The second-order valence-electron chi connectivity index (χ2n) is 5.79. The highest BCUT2D eigenvalue weighted by molar-refractivity contribution is 6.30. The number of nitrogens with zero attached hydrogens (tertiary/aromatic N) is 3. The van der Waals surface area contributed by atoms with Gasteiger partial charge < -0.3 is 11.1 Å². The van der Waals surface area contributed by atoms with Gasteiger partial charge in [0.2, 0.25) is 5.91 Å². The van der Waals surface area contributed by atoms with Gasteiger partial charge in [-0.25, -0.2) is 9.98 Å². The molecule has 7 nitrogen and oxygen atoms in total. The molecule has 0 saturated carbocycles. The van der Waals surface area contributed by atoms with E-state index in [0.717, 1.165) is 5.56 Å². The fourth-order valence-corrected chi connectivity index (χ4v) is 2.85. The molecule has 0 radical (unpaired) electrons. The van der Waals surface area contributed by atoms with Crippen LogP contribution in [-0.2, 0) is 4.79 Å². The number of pyridine rings is 1. The molecule has 1 aliphatic rings. The quantitative estimate of drug-likeness (QED) is 0.862. The maximum Gasteiger partial charge on any atom is 0.274 e. The Morgan fingerprint density at radius 2 is 2.19 bits per heavy atom. The van der Waals surface area contributed by atoms with Crippen LogP contribution in [-0.4, -0.2) is 34.2 Å². The summed E-state index contributed by atoms with van der Waals surface area (Å²) in [6.45, 7) is 2.34. The van der Waals surface area contributed by atoms with Crippen LogP contribution in [0, 0.1) is 0 Å². The Labute approximate surface area is 155 Å². The van der Waals surface area contributed by atoms with E-state index in [-0.39, 0.29) is 35.9 Å². The number of hydrogen-bond donors (Lipinski definition) is 2. The van der Waals surface area contributed by atoms with Crippen LogP contribution in [0.3, 0.4) is 0 Å². The van der Waals surface area contributed by atoms with Crippen molar-refractivity contribution in [1.82, 2.24) is 9.88 Å². The molecular formula is C18H18ClN5O2. The standard InChI is InChI=1S/C18H18ClN5O2/c1-2-24-16(25)9-15(23-18(24)20)11-4-3-5-13(8-11)22-17(26)14-7-6-12(19)10-21-14/h3-8,10,15H,2,9H2,1H3,(H2,20,23)(H,22,26). The number of halogens is 1. The SMILES string of the molecule is CCN1C(=O)CC(c2cccc(NC(=O)c3ccc(Cl)cn3)c2)N=C1N. The largest absolute Gasteiger partial charge is 0.369 e. The van der Waals surface area contributed by atoms with Gasteiger partial charge in [-0.1, -0.05) is 23.7 Å². The first-order valence-electron chi connectivity index (χ1n) is 8.14. The number of carbonyl (C=O) groups is 2. The van der Waals surface area contributed by atoms with Crippen LogP contribution in [0.15, 0.2) is 47.6 Å². The highest BCUT2D eigenvalue weighted by atomic mass is 35.5. The van der Waals surface area contributed by atoms with Gasteiger partial charge in [-0.05, 0) is 36.8 Å². The van der Waals surface area contributed by atoms with Crippen molar-refractivity contribution >= 4 is 35.1 Å². The monoisotopic (exact) mass is 371 g/mol. The zero-order valence-electron chi connectivity index (χ0n) is 14.1. The van der Waals surface area contributed by atoms with E-state index in [1.54, 1.807) is 30.3 Å². The van der Waals surface area contributed by atoms with Crippen LogP contribution in [0.5, 0.6) is 0 Å². The molecule has 26 heavy (non-hydrogen) atoms. The van der Waals surface area contributed by atoms with E-state index in [4.69, 9.17) is 17.3 Å². The number of benzene rings is 1. The zero-order chi connectivity index (χ0) is 18.7. The number of nitrogens with one attached hydrogen (secondary N) is 1. The molecule has 8 heteroatoms. The predicted molar refractivity (Wildman–Crippen MR) is 100 cm³/mol. The van der Waals surface area contributed by atoms with E-state index in [2.05, 4.69) is 15.3 Å². The van der Waals surface area contributed by atoms with Crippen LogP contribution < -0.4 is 11.1 Å². The lowest BCUT2D eigenvalue weighted by molar-refractivity contribution is -0.128. The third-order valence-corrected chi connectivity index (χ3v) is 4.26. The number of nitrogens with two attached hydrogens (primary N) is 1. The summed E-state index contributed by atoms with van der Waals surface area (Å²) in [6.07, 6.45) is 1.65. The molecule has 1 aliphatic heterocycles. The second kappa shape index (κ2) is 7.53. The fourth-order valence-electron chi connectivity index (χ4n) is 2.74. The molecule has 1 atom stereocenters. The minimum absolute atomic E-state index is 0.0650. The summed E-state index contributed by atoms with van der Waals surface area (Å²) in [5.41, 5.74) is 7.53. The summed E-state index contributed by atoms with van der Waals surface area (Å²) in [5, 5.41) is 3.24. The van der Waals surface area contributed by atoms with Crippen molar-refractivity contribution in [2.45, 2.75) is 19.4 Å². The Balaban J connectivity index is 1.78. The number of rotatable bonds is 4. The lowest BCUT2D eigenvalue weighted by Crippen LogP contribution is -2.45. The Morgan fingerprint density at radius 1 is 1.38 bits per heavy atom. The molecule has 0 fully saturated rings. The van der Waals surface area contributed by atoms with E-state index in [0.29, 0.717) is 17.3 Å². The molecule has 2 amide bonds. The molecule has 3 rings (SSSR count). The normalized spacial score (nSPS) is 17.0. The van der Waals surface area contributed by atoms with Gasteiger partial charge in [-0.2, -0.15) is 0 Å². The number of carbonyl (C=O) groups excluding carboxylic acids is 2. The summed E-state index contributed by atoms with van der Waals surface area (Å²) in [5.74, 6) is -0.197. The first kappa shape index (κ1) is 17.9. The van der Waals surface area contributed by atoms with Crippen molar-refractivity contribution in [3.8, 4) is 0 Å². The molecule has 3 N–H and O–H groups in total. The minimum atomic E-state index is -0.365. The average molecular weight is 372 g/mol. The van der Waals surface area contributed by atoms with Gasteiger partial charge in [-0.3, -0.25) is 14.5 Å². The zero-order valence-corrected chi connectivity index (χ0v) is 14.9. The molecule has 0 aliphatic carbocycles. The summed E-state index contributed by atoms with van der Waals surface area (Å²) >= 11 is 5.78. The summed E-state index contributed by atoms with van der Waals surface area (Å²) in [7, 11) is 0. The van der Waals surface area contributed by atoms with Gasteiger partial charge in [-0.15, -0.1) is 0 Å². The van der Waals surface area contributed by atoms with Gasteiger partial charge in [0.15, 0.2) is 5.96 Å². The van der Waals surface area contributed by atoms with Crippen LogP contribution in [0.2, 0.25) is 5.02 Å². The average Bonchev–Trinajstić information content (AvgIpc) is 2.62. The number of hydrogen-bond acceptors (Lipinski definition) is 5. The van der Waals surface area contributed by atoms with Gasteiger partial charge in [0, 0.05) is 18.4 Å². The molecule has 1 aromatic carbocycles.